The highest BCUT2D eigenvalue weighted by Gasteiger charge is 2.38. The predicted molar refractivity (Wildman–Crippen MR) is 111 cm³/mol. The van der Waals surface area contributed by atoms with Crippen LogP contribution in [0.3, 0.4) is 0 Å². The Balaban J connectivity index is 1.43. The highest BCUT2D eigenvalue weighted by atomic mass is 35.5. The second-order valence-corrected chi connectivity index (χ2v) is 8.24. The van der Waals surface area contributed by atoms with Crippen LogP contribution in [-0.4, -0.2) is 42.6 Å². The zero-order valence-corrected chi connectivity index (χ0v) is 17.4. The maximum absolute atomic E-state index is 12.9. The van der Waals surface area contributed by atoms with Crippen LogP contribution in [-0.2, 0) is 16.9 Å². The molecular weight excluding hydrogens is 390 g/mol. The molecule has 1 N–H and O–H groups in total. The minimum Gasteiger partial charge on any atom is -0.486 e. The van der Waals surface area contributed by atoms with Gasteiger partial charge in [0.15, 0.2) is 11.5 Å². The van der Waals surface area contributed by atoms with Gasteiger partial charge in [0, 0.05) is 12.7 Å². The summed E-state index contributed by atoms with van der Waals surface area (Å²) in [6.07, 6.45) is 5.80. The van der Waals surface area contributed by atoms with Gasteiger partial charge in [0.25, 0.3) is 0 Å². The van der Waals surface area contributed by atoms with Gasteiger partial charge in [-0.05, 0) is 49.2 Å². The number of benzene rings is 1. The Morgan fingerprint density at radius 3 is 2.66 bits per heavy atom. The molecule has 0 saturated heterocycles. The third-order valence-electron chi connectivity index (χ3n) is 5.59. The fourth-order valence-corrected chi connectivity index (χ4v) is 4.34. The Labute approximate surface area is 176 Å². The van der Waals surface area contributed by atoms with Crippen molar-refractivity contribution in [2.75, 3.05) is 26.8 Å². The number of hydrogen-bond donors (Lipinski definition) is 1. The number of aromatic nitrogens is 1. The third kappa shape index (κ3) is 4.65. The fraction of sp³-hybridized carbons (Fsp3) is 0.455. The zero-order valence-electron chi connectivity index (χ0n) is 16.6. The lowest BCUT2D eigenvalue weighted by Gasteiger charge is -2.33. The van der Waals surface area contributed by atoms with E-state index in [-0.39, 0.29) is 11.4 Å². The average molecular weight is 416 g/mol. The molecule has 1 aromatic carbocycles. The van der Waals surface area contributed by atoms with E-state index in [1.54, 1.807) is 12.3 Å². The average Bonchev–Trinajstić information content (AvgIpc) is 3.18. The first-order valence-corrected chi connectivity index (χ1v) is 10.4. The number of carbonyl (C=O) groups is 1. The third-order valence-corrected chi connectivity index (χ3v) is 5.81. The molecule has 1 aromatic heterocycles. The summed E-state index contributed by atoms with van der Waals surface area (Å²) in [4.78, 5) is 19.0. The minimum absolute atomic E-state index is 0.0196. The van der Waals surface area contributed by atoms with E-state index in [0.717, 1.165) is 48.3 Å². The smallest absolute Gasteiger partial charge is 0.234 e. The number of nitrogens with one attached hydrogen (secondary N) is 1. The summed E-state index contributed by atoms with van der Waals surface area (Å²) in [7, 11) is 1.93. The van der Waals surface area contributed by atoms with Crippen molar-refractivity contribution >= 4 is 17.5 Å². The second kappa shape index (κ2) is 8.59. The van der Waals surface area contributed by atoms with Gasteiger partial charge in [-0.25, -0.2) is 4.98 Å². The van der Waals surface area contributed by atoms with Crippen molar-refractivity contribution < 1.29 is 14.3 Å². The van der Waals surface area contributed by atoms with Gasteiger partial charge < -0.3 is 14.8 Å². The van der Waals surface area contributed by atoms with Crippen LogP contribution < -0.4 is 14.8 Å². The van der Waals surface area contributed by atoms with Gasteiger partial charge in [0.2, 0.25) is 5.91 Å². The number of rotatable bonds is 6. The van der Waals surface area contributed by atoms with Crippen molar-refractivity contribution in [2.24, 2.45) is 0 Å². The van der Waals surface area contributed by atoms with E-state index in [1.807, 2.05) is 30.1 Å². The predicted octanol–water partition coefficient (Wildman–Crippen LogP) is 3.52. The van der Waals surface area contributed by atoms with Gasteiger partial charge in [0.1, 0.15) is 18.4 Å². The van der Waals surface area contributed by atoms with Gasteiger partial charge in [-0.3, -0.25) is 9.69 Å². The van der Waals surface area contributed by atoms with Gasteiger partial charge in [-0.2, -0.15) is 0 Å². The molecule has 1 saturated carbocycles. The summed E-state index contributed by atoms with van der Waals surface area (Å²) in [5.74, 6) is 1.56. The van der Waals surface area contributed by atoms with Crippen molar-refractivity contribution in [3.05, 3.63) is 52.8 Å². The maximum atomic E-state index is 12.9. The summed E-state index contributed by atoms with van der Waals surface area (Å²) >= 11 is 5.84. The summed E-state index contributed by atoms with van der Waals surface area (Å²) in [5.41, 5.74) is 1.78. The molecule has 1 aliphatic heterocycles. The minimum atomic E-state index is -0.338. The lowest BCUT2D eigenvalue weighted by atomic mass is 9.87. The largest absolute Gasteiger partial charge is 0.486 e. The lowest BCUT2D eigenvalue weighted by molar-refractivity contribution is -0.124. The van der Waals surface area contributed by atoms with E-state index in [4.69, 9.17) is 21.1 Å². The summed E-state index contributed by atoms with van der Waals surface area (Å²) in [6.45, 7) is 2.08. The van der Waals surface area contributed by atoms with E-state index < -0.39 is 0 Å². The monoisotopic (exact) mass is 415 g/mol. The van der Waals surface area contributed by atoms with Crippen molar-refractivity contribution in [1.29, 1.82) is 0 Å². The number of halogens is 1. The van der Waals surface area contributed by atoms with Crippen LogP contribution in [0.25, 0.3) is 0 Å². The van der Waals surface area contributed by atoms with Crippen LogP contribution in [0.2, 0.25) is 5.15 Å². The van der Waals surface area contributed by atoms with E-state index in [9.17, 15) is 4.79 Å². The molecule has 0 atom stereocenters. The first-order valence-electron chi connectivity index (χ1n) is 10.0. The summed E-state index contributed by atoms with van der Waals surface area (Å²) < 4.78 is 11.4. The summed E-state index contributed by atoms with van der Waals surface area (Å²) in [6, 6.07) is 9.73. The number of amides is 1. The fourth-order valence-electron chi connectivity index (χ4n) is 4.22. The molecule has 6 nitrogen and oxygen atoms in total. The molecule has 29 heavy (non-hydrogen) atoms. The molecule has 0 radical (unpaired) electrons. The second-order valence-electron chi connectivity index (χ2n) is 7.86. The molecular formula is C22H26ClN3O3. The molecule has 2 heterocycles. The first-order chi connectivity index (χ1) is 14.0. The Morgan fingerprint density at radius 1 is 1.17 bits per heavy atom. The van der Waals surface area contributed by atoms with Crippen LogP contribution in [0.15, 0.2) is 36.5 Å². The van der Waals surface area contributed by atoms with Crippen molar-refractivity contribution in [3.63, 3.8) is 0 Å². The lowest BCUT2D eigenvalue weighted by Crippen LogP contribution is -2.47. The van der Waals surface area contributed by atoms with E-state index >= 15 is 0 Å². The quantitative estimate of drug-likeness (QED) is 0.731. The number of ether oxygens (including phenoxy) is 2. The molecule has 2 aromatic rings. The summed E-state index contributed by atoms with van der Waals surface area (Å²) in [5, 5.41) is 3.80. The standard InChI is InChI=1S/C22H26ClN3O3/c1-26(14-16-4-7-20(23)24-13-16)15-21(27)25-22(8-2-3-9-22)17-5-6-18-19(12-17)29-11-10-28-18/h4-7,12-13H,2-3,8-11,14-15H2,1H3,(H,25,27). The molecule has 0 spiro atoms. The topological polar surface area (TPSA) is 63.7 Å². The van der Waals surface area contributed by atoms with Gasteiger partial charge in [-0.15, -0.1) is 0 Å². The van der Waals surface area contributed by atoms with Crippen LogP contribution in [0.1, 0.15) is 36.8 Å². The Morgan fingerprint density at radius 2 is 1.93 bits per heavy atom. The molecule has 7 heteroatoms. The van der Waals surface area contributed by atoms with Gasteiger partial charge in [-0.1, -0.05) is 36.6 Å². The Hall–Kier alpha value is -2.31. The molecule has 1 fully saturated rings. The highest BCUT2D eigenvalue weighted by Crippen LogP contribution is 2.42. The number of carbonyl (C=O) groups excluding carboxylic acids is 1. The van der Waals surface area contributed by atoms with E-state index in [1.165, 1.54) is 0 Å². The van der Waals surface area contributed by atoms with Crippen molar-refractivity contribution in [3.8, 4) is 11.5 Å². The first kappa shape index (κ1) is 20.0. The molecule has 1 aliphatic carbocycles. The number of hydrogen-bond acceptors (Lipinski definition) is 5. The normalized spacial score (nSPS) is 17.3. The van der Waals surface area contributed by atoms with E-state index in [2.05, 4.69) is 16.4 Å². The number of pyridine rings is 1. The van der Waals surface area contributed by atoms with Crippen LogP contribution >= 0.6 is 11.6 Å². The Bertz CT molecular complexity index is 866. The molecule has 4 rings (SSSR count). The Kier molecular flexibility index (Phi) is 5.92. The molecule has 1 amide bonds. The van der Waals surface area contributed by atoms with Gasteiger partial charge in [0.05, 0.1) is 12.1 Å². The molecule has 2 aliphatic rings. The van der Waals surface area contributed by atoms with Crippen molar-refractivity contribution in [1.82, 2.24) is 15.2 Å². The van der Waals surface area contributed by atoms with Gasteiger partial charge >= 0.3 is 0 Å². The van der Waals surface area contributed by atoms with Crippen LogP contribution in [0, 0.1) is 0 Å². The SMILES string of the molecule is CN(CC(=O)NC1(c2ccc3c(c2)OCCO3)CCCC1)Cc1ccc(Cl)nc1. The molecule has 0 unspecified atom stereocenters. The zero-order chi connectivity index (χ0) is 20.3. The number of likely N-dealkylation sites (N-methyl/N-ethyl adjacent to an activating group) is 1. The number of nitrogens with zero attached hydrogens (tertiary/aromatic N) is 2. The van der Waals surface area contributed by atoms with Crippen molar-refractivity contribution in [2.45, 2.75) is 37.8 Å². The van der Waals surface area contributed by atoms with E-state index in [0.29, 0.717) is 31.5 Å². The number of fused-ring (bicyclic) bond motifs is 1. The molecule has 0 bridgehead atoms. The van der Waals surface area contributed by atoms with Crippen LogP contribution in [0.5, 0.6) is 11.5 Å². The molecule has 154 valence electrons. The highest BCUT2D eigenvalue weighted by molar-refractivity contribution is 6.29. The maximum Gasteiger partial charge on any atom is 0.234 e. The van der Waals surface area contributed by atoms with Crippen LogP contribution in [0.4, 0.5) is 0 Å².